The lowest BCUT2D eigenvalue weighted by Gasteiger charge is -2.17. The topological polar surface area (TPSA) is 92.5 Å². The van der Waals surface area contributed by atoms with Crippen molar-refractivity contribution in [3.8, 4) is 0 Å². The zero-order valence-corrected chi connectivity index (χ0v) is 10.8. The summed E-state index contributed by atoms with van der Waals surface area (Å²) >= 11 is 0. The number of carbonyl (C=O) groups excluding carboxylic acids is 3. The van der Waals surface area contributed by atoms with Crippen molar-refractivity contribution in [2.75, 3.05) is 0 Å². The smallest absolute Gasteiger partial charge is 0.341 e. The van der Waals surface area contributed by atoms with E-state index in [9.17, 15) is 14.4 Å². The summed E-state index contributed by atoms with van der Waals surface area (Å²) < 4.78 is 0. The molecule has 3 N–H and O–H groups in total. The van der Waals surface area contributed by atoms with E-state index >= 15 is 0 Å². The van der Waals surface area contributed by atoms with Crippen molar-refractivity contribution >= 4 is 34.8 Å². The van der Waals surface area contributed by atoms with E-state index in [1.54, 1.807) is 18.2 Å². The first kappa shape index (κ1) is 15.1. The Morgan fingerprint density at radius 3 is 2.12 bits per heavy atom. The molecule has 0 radical (unpaired) electrons. The molecule has 6 nitrogen and oxygen atoms in total. The molecule has 7 heteroatoms. The van der Waals surface area contributed by atoms with Crippen LogP contribution < -0.4 is 11.2 Å². The fourth-order valence-electron chi connectivity index (χ4n) is 1.07. The predicted octanol–water partition coefficient (Wildman–Crippen LogP) is 0.837. The predicted molar refractivity (Wildman–Crippen MR) is 66.3 cm³/mol. The first-order chi connectivity index (χ1) is 7.52. The summed E-state index contributed by atoms with van der Waals surface area (Å²) in [6, 6.07) is 6.99. The largest absolute Gasteiger partial charge is 0.350 e. The molecule has 1 aromatic carbocycles. The lowest BCUT2D eigenvalue weighted by molar-refractivity contribution is -0.121. The summed E-state index contributed by atoms with van der Waals surface area (Å²) in [6.07, 6.45) is 0. The Labute approximate surface area is 109 Å². The van der Waals surface area contributed by atoms with Crippen LogP contribution in [0.15, 0.2) is 30.3 Å². The highest BCUT2D eigenvalue weighted by atomic mass is 79.9. The summed E-state index contributed by atoms with van der Waals surface area (Å²) in [4.78, 5) is 33.5. The zero-order chi connectivity index (χ0) is 12.1. The zero-order valence-electron chi connectivity index (χ0n) is 9.04. The number of amides is 4. The van der Waals surface area contributed by atoms with Crippen molar-refractivity contribution in [2.45, 2.75) is 6.92 Å². The van der Waals surface area contributed by atoms with Crippen LogP contribution in [0.2, 0.25) is 0 Å². The Balaban J connectivity index is 0.00000256. The number of halogens is 1. The molecule has 0 aliphatic rings. The van der Waals surface area contributed by atoms with Crippen LogP contribution in [0.25, 0.3) is 0 Å². The van der Waals surface area contributed by atoms with Crippen molar-refractivity contribution in [1.82, 2.24) is 10.4 Å². The molecule has 1 rings (SSSR count). The molecule has 4 amide bonds. The standard InChI is InChI=1S/C10H11N3O3.BrH/c1-7(14)12-13(10(11)16)9(15)8-5-3-2-4-6-8;/h2-6H,1H3,(H2,11,16)(H,12,14);1H. The van der Waals surface area contributed by atoms with E-state index in [-0.39, 0.29) is 22.5 Å². The molecule has 0 heterocycles. The average Bonchev–Trinajstić information content (AvgIpc) is 2.25. The van der Waals surface area contributed by atoms with Crippen LogP contribution in [0.5, 0.6) is 0 Å². The van der Waals surface area contributed by atoms with Crippen molar-refractivity contribution in [3.63, 3.8) is 0 Å². The SMILES string of the molecule is Br.CC(=O)NN(C(N)=O)C(=O)c1ccccc1. The molecule has 0 aliphatic heterocycles. The summed E-state index contributed by atoms with van der Waals surface area (Å²) in [6.45, 7) is 1.17. The Morgan fingerprint density at radius 2 is 1.71 bits per heavy atom. The van der Waals surface area contributed by atoms with Gasteiger partial charge in [-0.2, -0.15) is 5.01 Å². The van der Waals surface area contributed by atoms with Crippen LogP contribution in [0.3, 0.4) is 0 Å². The lowest BCUT2D eigenvalue weighted by Crippen LogP contribution is -2.51. The Bertz CT molecular complexity index is 422. The molecule has 0 atom stereocenters. The van der Waals surface area contributed by atoms with Gasteiger partial charge >= 0.3 is 6.03 Å². The van der Waals surface area contributed by atoms with Crippen molar-refractivity contribution in [3.05, 3.63) is 35.9 Å². The van der Waals surface area contributed by atoms with Gasteiger partial charge in [-0.15, -0.1) is 17.0 Å². The summed E-state index contributed by atoms with van der Waals surface area (Å²) in [5.74, 6) is -1.23. The van der Waals surface area contributed by atoms with Gasteiger partial charge in [-0.25, -0.2) is 4.79 Å². The number of primary amides is 1. The molecule has 0 unspecified atom stereocenters. The first-order valence-electron chi connectivity index (χ1n) is 4.48. The highest BCUT2D eigenvalue weighted by Crippen LogP contribution is 2.02. The van der Waals surface area contributed by atoms with Gasteiger partial charge < -0.3 is 5.73 Å². The van der Waals surface area contributed by atoms with Crippen LogP contribution in [-0.2, 0) is 4.79 Å². The highest BCUT2D eigenvalue weighted by Gasteiger charge is 2.21. The van der Waals surface area contributed by atoms with Crippen LogP contribution in [0.4, 0.5) is 4.79 Å². The van der Waals surface area contributed by atoms with Gasteiger partial charge in [-0.05, 0) is 12.1 Å². The minimum absolute atomic E-state index is 0. The first-order valence-corrected chi connectivity index (χ1v) is 4.48. The van der Waals surface area contributed by atoms with Gasteiger partial charge in [0.25, 0.3) is 5.91 Å². The molecule has 0 saturated carbocycles. The Morgan fingerprint density at radius 1 is 1.18 bits per heavy atom. The number of carbonyl (C=O) groups is 3. The Hall–Kier alpha value is -1.89. The number of urea groups is 1. The van der Waals surface area contributed by atoms with Gasteiger partial charge in [-0.1, -0.05) is 18.2 Å². The number of hydrogen-bond acceptors (Lipinski definition) is 3. The quantitative estimate of drug-likeness (QED) is 0.753. The van der Waals surface area contributed by atoms with E-state index in [0.717, 1.165) is 0 Å². The van der Waals surface area contributed by atoms with Crippen LogP contribution in [0.1, 0.15) is 17.3 Å². The Kier molecular flexibility index (Phi) is 5.90. The van der Waals surface area contributed by atoms with Crippen LogP contribution in [-0.4, -0.2) is 22.9 Å². The van der Waals surface area contributed by atoms with Crippen LogP contribution >= 0.6 is 17.0 Å². The fraction of sp³-hybridized carbons (Fsp3) is 0.100. The summed E-state index contributed by atoms with van der Waals surface area (Å²) in [7, 11) is 0. The van der Waals surface area contributed by atoms with Gasteiger partial charge in [0.2, 0.25) is 5.91 Å². The van der Waals surface area contributed by atoms with E-state index in [1.165, 1.54) is 19.1 Å². The maximum Gasteiger partial charge on any atom is 0.341 e. The second-order valence-corrected chi connectivity index (χ2v) is 3.01. The monoisotopic (exact) mass is 301 g/mol. The summed E-state index contributed by atoms with van der Waals surface area (Å²) in [5.41, 5.74) is 7.28. The normalized spacial score (nSPS) is 8.76. The lowest BCUT2D eigenvalue weighted by atomic mass is 10.2. The molecule has 17 heavy (non-hydrogen) atoms. The third kappa shape index (κ3) is 4.23. The third-order valence-corrected chi connectivity index (χ3v) is 1.71. The maximum absolute atomic E-state index is 11.7. The number of hydrazine groups is 1. The third-order valence-electron chi connectivity index (χ3n) is 1.71. The molecular weight excluding hydrogens is 290 g/mol. The minimum atomic E-state index is -1.04. The van der Waals surface area contributed by atoms with Gasteiger partial charge in [0.05, 0.1) is 0 Å². The average molecular weight is 302 g/mol. The number of hydrogen-bond donors (Lipinski definition) is 2. The van der Waals surface area contributed by atoms with E-state index in [2.05, 4.69) is 0 Å². The number of imide groups is 1. The van der Waals surface area contributed by atoms with Gasteiger partial charge in [-0.3, -0.25) is 15.0 Å². The van der Waals surface area contributed by atoms with Crippen molar-refractivity contribution in [1.29, 1.82) is 0 Å². The number of nitrogens with two attached hydrogens (primary N) is 1. The second-order valence-electron chi connectivity index (χ2n) is 3.01. The molecule has 92 valence electrons. The van der Waals surface area contributed by atoms with E-state index in [4.69, 9.17) is 5.73 Å². The molecule has 0 bridgehead atoms. The van der Waals surface area contributed by atoms with E-state index < -0.39 is 17.8 Å². The number of nitrogens with one attached hydrogen (secondary N) is 1. The van der Waals surface area contributed by atoms with Crippen LogP contribution in [0, 0.1) is 0 Å². The van der Waals surface area contributed by atoms with Gasteiger partial charge in [0.15, 0.2) is 0 Å². The van der Waals surface area contributed by atoms with Crippen molar-refractivity contribution in [2.24, 2.45) is 5.73 Å². The summed E-state index contributed by atoms with van der Waals surface area (Å²) in [5, 5.41) is 0.470. The maximum atomic E-state index is 11.7. The number of nitrogens with zero attached hydrogens (tertiary/aromatic N) is 1. The van der Waals surface area contributed by atoms with Gasteiger partial charge in [0.1, 0.15) is 0 Å². The van der Waals surface area contributed by atoms with E-state index in [0.29, 0.717) is 5.01 Å². The molecule has 0 saturated heterocycles. The molecule has 1 aromatic rings. The van der Waals surface area contributed by atoms with E-state index in [1.807, 2.05) is 5.43 Å². The molecule has 0 aliphatic carbocycles. The second kappa shape index (κ2) is 6.64. The number of rotatable bonds is 1. The fourth-order valence-corrected chi connectivity index (χ4v) is 1.07. The number of benzene rings is 1. The molecular formula is C10H12BrN3O3. The van der Waals surface area contributed by atoms with Crippen molar-refractivity contribution < 1.29 is 14.4 Å². The van der Waals surface area contributed by atoms with Gasteiger partial charge in [0, 0.05) is 12.5 Å². The molecule has 0 spiro atoms. The molecule has 0 aromatic heterocycles. The minimum Gasteiger partial charge on any atom is -0.350 e. The molecule has 0 fully saturated rings. The highest BCUT2D eigenvalue weighted by molar-refractivity contribution is 8.93.